The predicted octanol–water partition coefficient (Wildman–Crippen LogP) is 5.55. The summed E-state index contributed by atoms with van der Waals surface area (Å²) in [4.78, 5) is 13.6. The minimum absolute atomic E-state index is 0.0192. The van der Waals surface area contributed by atoms with Crippen LogP contribution in [-0.4, -0.2) is 55.6 Å². The maximum atomic E-state index is 14.1. The monoisotopic (exact) mass is 643 g/mol. The fourth-order valence-corrected chi connectivity index (χ4v) is 6.78. The number of halogens is 7. The Hall–Kier alpha value is -2.19. The third-order valence-electron chi connectivity index (χ3n) is 5.60. The highest BCUT2D eigenvalue weighted by Gasteiger charge is 2.43. The average Bonchev–Trinajstić information content (AvgIpc) is 3.18. The molecule has 188 valence electrons. The molecule has 0 bridgehead atoms. The zero-order valence-electron chi connectivity index (χ0n) is 17.6. The first-order valence-electron chi connectivity index (χ1n) is 10.1. The van der Waals surface area contributed by atoms with Crippen LogP contribution in [-0.2, 0) is 14.8 Å². The van der Waals surface area contributed by atoms with E-state index in [-0.39, 0.29) is 52.1 Å². The highest BCUT2D eigenvalue weighted by Crippen LogP contribution is 2.41. The second kappa shape index (κ2) is 9.36. The molecule has 14 heteroatoms. The standard InChI is InChI=1S/C21H16Br2F5N3O3S/c22-12-9-15(29-5-7-30(8-6-29)20(32)21(26,27)28)18-13(19(24)25)11-31(16(18)10-12)35(33,34)17-4-2-1-3-14(17)23/h1-4,9-11,19H,5-8H2. The van der Waals surface area contributed by atoms with Gasteiger partial charge in [0.05, 0.1) is 5.52 Å². The van der Waals surface area contributed by atoms with Crippen molar-refractivity contribution >= 4 is 64.4 Å². The van der Waals surface area contributed by atoms with Crippen LogP contribution in [0.25, 0.3) is 10.9 Å². The largest absolute Gasteiger partial charge is 0.471 e. The summed E-state index contributed by atoms with van der Waals surface area (Å²) in [5.41, 5.74) is -0.328. The third-order valence-corrected chi connectivity index (χ3v) is 8.75. The number of hydrogen-bond donors (Lipinski definition) is 0. The van der Waals surface area contributed by atoms with Gasteiger partial charge in [0.2, 0.25) is 0 Å². The van der Waals surface area contributed by atoms with Crippen molar-refractivity contribution in [2.45, 2.75) is 17.5 Å². The van der Waals surface area contributed by atoms with E-state index in [0.717, 1.165) is 10.2 Å². The minimum Gasteiger partial charge on any atom is -0.367 e. The number of anilines is 1. The van der Waals surface area contributed by atoms with Crippen molar-refractivity contribution in [3.8, 4) is 0 Å². The predicted molar refractivity (Wildman–Crippen MR) is 126 cm³/mol. The molecule has 3 aromatic rings. The van der Waals surface area contributed by atoms with Gasteiger partial charge in [-0.05, 0) is 40.2 Å². The van der Waals surface area contributed by atoms with E-state index in [4.69, 9.17) is 0 Å². The number of carbonyl (C=O) groups is 1. The Balaban J connectivity index is 1.82. The third kappa shape index (κ3) is 4.79. The molecule has 0 unspecified atom stereocenters. The first-order valence-corrected chi connectivity index (χ1v) is 13.1. The zero-order chi connectivity index (χ0) is 25.7. The Morgan fingerprint density at radius 2 is 1.63 bits per heavy atom. The van der Waals surface area contributed by atoms with Crippen molar-refractivity contribution in [1.29, 1.82) is 0 Å². The number of amides is 1. The van der Waals surface area contributed by atoms with E-state index in [1.807, 2.05) is 0 Å². The summed E-state index contributed by atoms with van der Waals surface area (Å²) in [5, 5.41) is -0.0329. The molecule has 0 aliphatic carbocycles. The summed E-state index contributed by atoms with van der Waals surface area (Å²) in [5.74, 6) is -1.96. The summed E-state index contributed by atoms with van der Waals surface area (Å²) in [6.45, 7) is -0.658. The fourth-order valence-electron chi connectivity index (χ4n) is 4.01. The molecule has 2 aromatic carbocycles. The Labute approximate surface area is 213 Å². The molecule has 0 radical (unpaired) electrons. The SMILES string of the molecule is O=C(N1CCN(c2cc(Br)cc3c2c(C(F)F)cn3S(=O)(=O)c2ccccc2Br)CC1)C(F)(F)F. The van der Waals surface area contributed by atoms with Crippen LogP contribution in [0, 0.1) is 0 Å². The van der Waals surface area contributed by atoms with Gasteiger partial charge in [0.15, 0.2) is 0 Å². The molecule has 0 spiro atoms. The lowest BCUT2D eigenvalue weighted by molar-refractivity contribution is -0.185. The number of rotatable bonds is 4. The lowest BCUT2D eigenvalue weighted by atomic mass is 10.1. The number of alkyl halides is 5. The van der Waals surface area contributed by atoms with E-state index in [1.165, 1.54) is 30.3 Å². The highest BCUT2D eigenvalue weighted by atomic mass is 79.9. The van der Waals surface area contributed by atoms with Crippen molar-refractivity contribution in [1.82, 2.24) is 8.87 Å². The molecule has 0 N–H and O–H groups in total. The van der Waals surface area contributed by atoms with E-state index in [9.17, 15) is 35.2 Å². The number of aromatic nitrogens is 1. The number of carbonyl (C=O) groups excluding carboxylic acids is 1. The first-order chi connectivity index (χ1) is 16.3. The van der Waals surface area contributed by atoms with Gasteiger partial charge < -0.3 is 9.80 Å². The van der Waals surface area contributed by atoms with Crippen LogP contribution in [0.2, 0.25) is 0 Å². The van der Waals surface area contributed by atoms with Gasteiger partial charge in [0.1, 0.15) is 4.90 Å². The second-order valence-corrected chi connectivity index (χ2v) is 11.3. The van der Waals surface area contributed by atoms with E-state index in [2.05, 4.69) is 31.9 Å². The summed E-state index contributed by atoms with van der Waals surface area (Å²) in [6, 6.07) is 8.85. The van der Waals surface area contributed by atoms with Gasteiger partial charge in [-0.1, -0.05) is 28.1 Å². The molecule has 0 saturated carbocycles. The molecule has 1 aromatic heterocycles. The van der Waals surface area contributed by atoms with Crippen molar-refractivity contribution in [2.75, 3.05) is 31.1 Å². The van der Waals surface area contributed by atoms with Crippen LogP contribution in [0.1, 0.15) is 12.0 Å². The molecule has 2 heterocycles. The van der Waals surface area contributed by atoms with E-state index < -0.39 is 34.1 Å². The lowest BCUT2D eigenvalue weighted by Gasteiger charge is -2.36. The number of benzene rings is 2. The Bertz CT molecular complexity index is 1400. The molecule has 1 amide bonds. The van der Waals surface area contributed by atoms with Gasteiger partial charge in [-0.2, -0.15) is 13.2 Å². The van der Waals surface area contributed by atoms with Crippen LogP contribution in [0.15, 0.2) is 56.4 Å². The molecule has 1 aliphatic rings. The van der Waals surface area contributed by atoms with Gasteiger partial charge in [0.25, 0.3) is 16.4 Å². The van der Waals surface area contributed by atoms with E-state index in [1.54, 1.807) is 11.0 Å². The maximum Gasteiger partial charge on any atom is 0.471 e. The van der Waals surface area contributed by atoms with E-state index >= 15 is 0 Å². The summed E-state index contributed by atoms with van der Waals surface area (Å²) in [7, 11) is -4.29. The maximum absolute atomic E-state index is 14.1. The van der Waals surface area contributed by atoms with Crippen molar-refractivity contribution in [3.63, 3.8) is 0 Å². The molecule has 35 heavy (non-hydrogen) atoms. The smallest absolute Gasteiger partial charge is 0.367 e. The Kier molecular flexibility index (Phi) is 6.92. The van der Waals surface area contributed by atoms with Crippen LogP contribution in [0.4, 0.5) is 27.6 Å². The highest BCUT2D eigenvalue weighted by molar-refractivity contribution is 9.10. The van der Waals surface area contributed by atoms with Gasteiger partial charge in [0, 0.05) is 58.0 Å². The van der Waals surface area contributed by atoms with Gasteiger partial charge in [-0.3, -0.25) is 4.79 Å². The van der Waals surface area contributed by atoms with Gasteiger partial charge in [-0.25, -0.2) is 21.2 Å². The van der Waals surface area contributed by atoms with Gasteiger partial charge >= 0.3 is 12.1 Å². The number of piperazine rings is 1. The Morgan fingerprint density at radius 3 is 2.20 bits per heavy atom. The minimum atomic E-state index is -5.01. The second-order valence-electron chi connectivity index (χ2n) is 7.71. The molecule has 4 rings (SSSR count). The van der Waals surface area contributed by atoms with E-state index in [0.29, 0.717) is 9.37 Å². The summed E-state index contributed by atoms with van der Waals surface area (Å²) in [6.07, 6.45) is -7.17. The van der Waals surface area contributed by atoms with Crippen molar-refractivity contribution in [3.05, 3.63) is 57.1 Å². The van der Waals surface area contributed by atoms with Gasteiger partial charge in [-0.15, -0.1) is 0 Å². The number of hydrogen-bond acceptors (Lipinski definition) is 4. The quantitative estimate of drug-likeness (QED) is 0.350. The van der Waals surface area contributed by atoms with Crippen LogP contribution < -0.4 is 4.90 Å². The summed E-state index contributed by atoms with van der Waals surface area (Å²) < 4.78 is 94.8. The molecule has 1 saturated heterocycles. The van der Waals surface area contributed by atoms with Crippen LogP contribution in [0.3, 0.4) is 0 Å². The number of fused-ring (bicyclic) bond motifs is 1. The molecule has 0 atom stereocenters. The van der Waals surface area contributed by atoms with Crippen LogP contribution in [0.5, 0.6) is 0 Å². The first kappa shape index (κ1) is 25.9. The zero-order valence-corrected chi connectivity index (χ0v) is 21.6. The van der Waals surface area contributed by atoms with Crippen LogP contribution >= 0.6 is 31.9 Å². The van der Waals surface area contributed by atoms with Crippen molar-refractivity contribution < 1.29 is 35.2 Å². The molecule has 1 fully saturated rings. The molecular formula is C21H16Br2F5N3O3S. The molecular weight excluding hydrogens is 629 g/mol. The van der Waals surface area contributed by atoms with Crippen molar-refractivity contribution in [2.24, 2.45) is 0 Å². The lowest BCUT2D eigenvalue weighted by Crippen LogP contribution is -2.52. The fraction of sp³-hybridized carbons (Fsp3) is 0.286. The normalized spacial score (nSPS) is 15.3. The Morgan fingerprint density at radius 1 is 1.00 bits per heavy atom. The number of nitrogens with zero attached hydrogens (tertiary/aromatic N) is 3. The molecule has 1 aliphatic heterocycles. The topological polar surface area (TPSA) is 62.6 Å². The molecule has 6 nitrogen and oxygen atoms in total. The average molecular weight is 645 g/mol. The summed E-state index contributed by atoms with van der Waals surface area (Å²) >= 11 is 6.47.